The SMILES string of the molecule is COc1cc2c(cc1NC(=O)CNc1cccc([N+](=O)[O-])c1C)oc1ccccc12. The topological polar surface area (TPSA) is 107 Å². The van der Waals surface area contributed by atoms with Crippen LogP contribution >= 0.6 is 0 Å². The van der Waals surface area contributed by atoms with Crippen molar-refractivity contribution < 1.29 is 18.9 Å². The number of carbonyl (C=O) groups is 1. The van der Waals surface area contributed by atoms with Crippen molar-refractivity contribution in [2.75, 3.05) is 24.3 Å². The Bertz CT molecular complexity index is 1280. The summed E-state index contributed by atoms with van der Waals surface area (Å²) in [5.74, 6) is 0.184. The summed E-state index contributed by atoms with van der Waals surface area (Å²) in [4.78, 5) is 23.1. The minimum absolute atomic E-state index is 0.00239. The number of hydrogen-bond acceptors (Lipinski definition) is 6. The van der Waals surface area contributed by atoms with Gasteiger partial charge in [-0.1, -0.05) is 24.3 Å². The number of para-hydroxylation sites is 1. The second kappa shape index (κ2) is 7.75. The Hall–Kier alpha value is -4.07. The summed E-state index contributed by atoms with van der Waals surface area (Å²) in [5, 5.41) is 18.7. The normalized spacial score (nSPS) is 10.9. The summed E-state index contributed by atoms with van der Waals surface area (Å²) >= 11 is 0. The van der Waals surface area contributed by atoms with Gasteiger partial charge in [0.05, 0.1) is 24.3 Å². The Morgan fingerprint density at radius 1 is 1.07 bits per heavy atom. The molecule has 0 atom stereocenters. The molecule has 152 valence electrons. The van der Waals surface area contributed by atoms with Crippen LogP contribution in [0.5, 0.6) is 5.75 Å². The third-order valence-corrected chi connectivity index (χ3v) is 4.91. The maximum atomic E-state index is 12.5. The van der Waals surface area contributed by atoms with Gasteiger partial charge < -0.3 is 19.8 Å². The van der Waals surface area contributed by atoms with Gasteiger partial charge in [-0.15, -0.1) is 0 Å². The maximum absolute atomic E-state index is 12.5. The number of benzene rings is 3. The van der Waals surface area contributed by atoms with Crippen LogP contribution in [0.1, 0.15) is 5.56 Å². The van der Waals surface area contributed by atoms with E-state index in [1.165, 1.54) is 13.2 Å². The van der Waals surface area contributed by atoms with Gasteiger partial charge in [0.1, 0.15) is 16.9 Å². The molecule has 2 N–H and O–H groups in total. The van der Waals surface area contributed by atoms with E-state index < -0.39 is 4.92 Å². The van der Waals surface area contributed by atoms with Crippen LogP contribution in [-0.2, 0) is 4.79 Å². The van der Waals surface area contributed by atoms with Crippen LogP contribution in [0.15, 0.2) is 59.0 Å². The quantitative estimate of drug-likeness (QED) is 0.350. The first-order valence-electron chi connectivity index (χ1n) is 9.25. The van der Waals surface area contributed by atoms with Crippen molar-refractivity contribution in [3.05, 3.63) is 70.3 Å². The summed E-state index contributed by atoms with van der Waals surface area (Å²) in [7, 11) is 1.53. The van der Waals surface area contributed by atoms with Gasteiger partial charge in [-0.3, -0.25) is 14.9 Å². The number of carbonyl (C=O) groups excluding carboxylic acids is 1. The Kier molecular flexibility index (Phi) is 4.97. The minimum Gasteiger partial charge on any atom is -0.495 e. The van der Waals surface area contributed by atoms with E-state index in [4.69, 9.17) is 9.15 Å². The second-order valence-electron chi connectivity index (χ2n) is 6.76. The molecule has 0 aliphatic heterocycles. The van der Waals surface area contributed by atoms with Crippen molar-refractivity contribution in [1.29, 1.82) is 0 Å². The van der Waals surface area contributed by atoms with Gasteiger partial charge in [0.25, 0.3) is 5.69 Å². The Morgan fingerprint density at radius 2 is 1.87 bits per heavy atom. The molecular formula is C22H19N3O5. The molecule has 0 fully saturated rings. The van der Waals surface area contributed by atoms with Crippen molar-refractivity contribution in [1.82, 2.24) is 0 Å². The fourth-order valence-corrected chi connectivity index (χ4v) is 3.40. The molecule has 0 spiro atoms. The van der Waals surface area contributed by atoms with Gasteiger partial charge in [-0.2, -0.15) is 0 Å². The summed E-state index contributed by atoms with van der Waals surface area (Å²) < 4.78 is 11.3. The van der Waals surface area contributed by atoms with Gasteiger partial charge in [0.2, 0.25) is 5.91 Å². The van der Waals surface area contributed by atoms with Crippen LogP contribution in [0.4, 0.5) is 17.1 Å². The van der Waals surface area contributed by atoms with Crippen LogP contribution < -0.4 is 15.4 Å². The third kappa shape index (κ3) is 3.50. The average molecular weight is 405 g/mol. The zero-order valence-corrected chi connectivity index (χ0v) is 16.4. The molecule has 3 aromatic carbocycles. The number of nitrogens with zero attached hydrogens (tertiary/aromatic N) is 1. The highest BCUT2D eigenvalue weighted by molar-refractivity contribution is 6.08. The van der Waals surface area contributed by atoms with E-state index in [1.807, 2.05) is 30.3 Å². The molecule has 0 unspecified atom stereocenters. The van der Waals surface area contributed by atoms with E-state index in [2.05, 4.69) is 10.6 Å². The number of ether oxygens (including phenoxy) is 1. The van der Waals surface area contributed by atoms with Crippen molar-refractivity contribution in [2.24, 2.45) is 0 Å². The molecule has 4 rings (SSSR count). The van der Waals surface area contributed by atoms with E-state index >= 15 is 0 Å². The van der Waals surface area contributed by atoms with Crippen LogP contribution in [0.2, 0.25) is 0 Å². The van der Waals surface area contributed by atoms with Crippen molar-refractivity contribution >= 4 is 44.9 Å². The van der Waals surface area contributed by atoms with E-state index in [-0.39, 0.29) is 18.1 Å². The fraction of sp³-hybridized carbons (Fsp3) is 0.136. The molecule has 0 radical (unpaired) electrons. The summed E-state index contributed by atoms with van der Waals surface area (Å²) in [5.41, 5.74) is 2.86. The smallest absolute Gasteiger partial charge is 0.274 e. The number of nitro benzene ring substituents is 1. The highest BCUT2D eigenvalue weighted by Gasteiger charge is 2.16. The molecule has 0 saturated carbocycles. The van der Waals surface area contributed by atoms with Crippen LogP contribution in [0, 0.1) is 17.0 Å². The number of methoxy groups -OCH3 is 1. The van der Waals surface area contributed by atoms with Gasteiger partial charge >= 0.3 is 0 Å². The van der Waals surface area contributed by atoms with Crippen LogP contribution in [0.3, 0.4) is 0 Å². The number of fused-ring (bicyclic) bond motifs is 3. The molecule has 0 bridgehead atoms. The largest absolute Gasteiger partial charge is 0.495 e. The van der Waals surface area contributed by atoms with Crippen LogP contribution in [0.25, 0.3) is 21.9 Å². The molecule has 0 aliphatic rings. The number of nitro groups is 1. The Labute approximate surface area is 171 Å². The molecule has 1 aromatic heterocycles. The molecule has 8 nitrogen and oxygen atoms in total. The number of amides is 1. The number of nitrogens with one attached hydrogen (secondary N) is 2. The zero-order valence-electron chi connectivity index (χ0n) is 16.4. The van der Waals surface area contributed by atoms with Crippen molar-refractivity contribution in [3.63, 3.8) is 0 Å². The van der Waals surface area contributed by atoms with E-state index in [1.54, 1.807) is 25.1 Å². The molecule has 4 aromatic rings. The lowest BCUT2D eigenvalue weighted by Gasteiger charge is -2.12. The van der Waals surface area contributed by atoms with E-state index in [0.717, 1.165) is 16.4 Å². The first kappa shape index (κ1) is 19.3. The summed E-state index contributed by atoms with van der Waals surface area (Å²) in [6, 6.07) is 15.9. The lowest BCUT2D eigenvalue weighted by atomic mass is 10.1. The Morgan fingerprint density at radius 3 is 2.63 bits per heavy atom. The maximum Gasteiger partial charge on any atom is 0.274 e. The standard InChI is InChI=1S/C22H19N3O5/c1-13-16(7-5-8-18(13)25(27)28)23-12-22(26)24-17-11-20-15(10-21(17)29-2)14-6-3-4-9-19(14)30-20/h3-11,23H,12H2,1-2H3,(H,24,26). The zero-order chi connectivity index (χ0) is 21.3. The molecule has 0 aliphatic carbocycles. The first-order chi connectivity index (χ1) is 14.5. The fourth-order valence-electron chi connectivity index (χ4n) is 3.40. The van der Waals surface area contributed by atoms with E-state index in [9.17, 15) is 14.9 Å². The number of hydrogen-bond donors (Lipinski definition) is 2. The summed E-state index contributed by atoms with van der Waals surface area (Å²) in [6.45, 7) is 1.57. The molecular weight excluding hydrogens is 386 g/mol. The minimum atomic E-state index is -0.450. The monoisotopic (exact) mass is 405 g/mol. The molecule has 1 amide bonds. The highest BCUT2D eigenvalue weighted by Crippen LogP contribution is 2.36. The molecule has 8 heteroatoms. The van der Waals surface area contributed by atoms with E-state index in [0.29, 0.717) is 28.3 Å². The number of rotatable bonds is 6. The molecule has 1 heterocycles. The lowest BCUT2D eigenvalue weighted by molar-refractivity contribution is -0.385. The predicted molar refractivity (Wildman–Crippen MR) is 115 cm³/mol. The molecule has 30 heavy (non-hydrogen) atoms. The summed E-state index contributed by atoms with van der Waals surface area (Å²) in [6.07, 6.45) is 0. The average Bonchev–Trinajstić information content (AvgIpc) is 3.09. The predicted octanol–water partition coefficient (Wildman–Crippen LogP) is 4.86. The van der Waals surface area contributed by atoms with Crippen LogP contribution in [-0.4, -0.2) is 24.5 Å². The van der Waals surface area contributed by atoms with Gasteiger partial charge in [0.15, 0.2) is 0 Å². The van der Waals surface area contributed by atoms with Crippen molar-refractivity contribution in [2.45, 2.75) is 6.92 Å². The van der Waals surface area contributed by atoms with Crippen molar-refractivity contribution in [3.8, 4) is 5.75 Å². The highest BCUT2D eigenvalue weighted by atomic mass is 16.6. The number of anilines is 2. The Balaban J connectivity index is 1.55. The first-order valence-corrected chi connectivity index (χ1v) is 9.25. The van der Waals surface area contributed by atoms with Gasteiger partial charge in [-0.25, -0.2) is 0 Å². The lowest BCUT2D eigenvalue weighted by Crippen LogP contribution is -2.22. The second-order valence-corrected chi connectivity index (χ2v) is 6.76. The van der Waals surface area contributed by atoms with Gasteiger partial charge in [-0.05, 0) is 25.1 Å². The van der Waals surface area contributed by atoms with Gasteiger partial charge in [0, 0.05) is 34.2 Å². The third-order valence-electron chi connectivity index (χ3n) is 4.91. The molecule has 0 saturated heterocycles. The number of furan rings is 1.